The fourth-order valence-corrected chi connectivity index (χ4v) is 2.45. The van der Waals surface area contributed by atoms with E-state index in [-0.39, 0.29) is 17.4 Å². The molecule has 0 atom stereocenters. The highest BCUT2D eigenvalue weighted by molar-refractivity contribution is 5.95. The highest BCUT2D eigenvalue weighted by Crippen LogP contribution is 2.16. The smallest absolute Gasteiger partial charge is 0.271 e. The molecule has 0 fully saturated rings. The van der Waals surface area contributed by atoms with Crippen LogP contribution in [0.4, 0.5) is 0 Å². The third kappa shape index (κ3) is 4.99. The van der Waals surface area contributed by atoms with Gasteiger partial charge in [0, 0.05) is 16.7 Å². The first-order valence-electron chi connectivity index (χ1n) is 8.55. The molecule has 1 amide bonds. The lowest BCUT2D eigenvalue weighted by atomic mass is 10.1. The van der Waals surface area contributed by atoms with Crippen LogP contribution in [0.5, 0.6) is 11.5 Å². The second kappa shape index (κ2) is 8.56. The molecule has 0 radical (unpaired) electrons. The maximum absolute atomic E-state index is 12.1. The van der Waals surface area contributed by atoms with E-state index in [0.29, 0.717) is 11.1 Å². The van der Waals surface area contributed by atoms with Gasteiger partial charge in [0.25, 0.3) is 5.91 Å². The third-order valence-corrected chi connectivity index (χ3v) is 3.92. The number of nitrogens with one attached hydrogen (secondary N) is 1. The summed E-state index contributed by atoms with van der Waals surface area (Å²) in [5.74, 6) is 5.98. The normalized spacial score (nSPS) is 10.3. The second-order valence-corrected chi connectivity index (χ2v) is 6.13. The summed E-state index contributed by atoms with van der Waals surface area (Å²) in [5, 5.41) is 23.0. The number of aryl methyl sites for hydroxylation is 1. The first-order chi connectivity index (χ1) is 13.5. The van der Waals surface area contributed by atoms with Crippen LogP contribution < -0.4 is 5.43 Å². The molecule has 0 heterocycles. The van der Waals surface area contributed by atoms with E-state index in [4.69, 9.17) is 0 Å². The van der Waals surface area contributed by atoms with Gasteiger partial charge in [0.15, 0.2) is 0 Å². The Hall–Kier alpha value is -4.04. The van der Waals surface area contributed by atoms with E-state index in [1.807, 2.05) is 30.3 Å². The van der Waals surface area contributed by atoms with Crippen LogP contribution in [0.3, 0.4) is 0 Å². The molecule has 0 saturated heterocycles. The summed E-state index contributed by atoms with van der Waals surface area (Å²) in [6.45, 7) is 1.72. The molecule has 3 rings (SSSR count). The number of phenols is 2. The number of aromatic hydroxyl groups is 2. The van der Waals surface area contributed by atoms with Gasteiger partial charge in [-0.25, -0.2) is 5.43 Å². The Morgan fingerprint density at radius 2 is 1.68 bits per heavy atom. The largest absolute Gasteiger partial charge is 0.508 e. The van der Waals surface area contributed by atoms with Crippen LogP contribution in [0.15, 0.2) is 71.8 Å². The Kier molecular flexibility index (Phi) is 5.73. The number of hydrogen-bond donors (Lipinski definition) is 3. The summed E-state index contributed by atoms with van der Waals surface area (Å²) in [6, 6.07) is 18.7. The first-order valence-corrected chi connectivity index (χ1v) is 8.55. The third-order valence-electron chi connectivity index (χ3n) is 3.92. The molecule has 0 unspecified atom stereocenters. The molecule has 0 bridgehead atoms. The highest BCUT2D eigenvalue weighted by atomic mass is 16.3. The Morgan fingerprint density at radius 1 is 0.964 bits per heavy atom. The second-order valence-electron chi connectivity index (χ2n) is 6.13. The molecule has 0 spiro atoms. The van der Waals surface area contributed by atoms with Crippen molar-refractivity contribution in [2.75, 3.05) is 0 Å². The standard InChI is InChI=1S/C23H18N2O3/c1-16-12-20(10-11-22(16)27)23(28)25-24-15-19-6-2-4-17(13-19)8-9-18-5-3-7-21(26)14-18/h2-7,10-15,26-27H,1H3,(H,25,28)/b24-15+. The number of amides is 1. The average molecular weight is 370 g/mol. The summed E-state index contributed by atoms with van der Waals surface area (Å²) < 4.78 is 0. The molecule has 3 aromatic carbocycles. The van der Waals surface area contributed by atoms with E-state index in [2.05, 4.69) is 22.4 Å². The molecule has 0 saturated carbocycles. The zero-order chi connectivity index (χ0) is 19.9. The van der Waals surface area contributed by atoms with Crippen molar-refractivity contribution >= 4 is 12.1 Å². The van der Waals surface area contributed by atoms with E-state index in [1.54, 1.807) is 31.2 Å². The molecule has 0 aliphatic carbocycles. The lowest BCUT2D eigenvalue weighted by Gasteiger charge is -2.03. The van der Waals surface area contributed by atoms with E-state index in [9.17, 15) is 15.0 Å². The van der Waals surface area contributed by atoms with Gasteiger partial charge in [-0.2, -0.15) is 5.10 Å². The lowest BCUT2D eigenvalue weighted by Crippen LogP contribution is -2.17. The van der Waals surface area contributed by atoms with Crippen LogP contribution in [-0.2, 0) is 0 Å². The lowest BCUT2D eigenvalue weighted by molar-refractivity contribution is 0.0955. The van der Waals surface area contributed by atoms with Gasteiger partial charge in [0.2, 0.25) is 0 Å². The monoisotopic (exact) mass is 370 g/mol. The van der Waals surface area contributed by atoms with Gasteiger partial charge in [-0.1, -0.05) is 30.0 Å². The minimum atomic E-state index is -0.362. The number of benzene rings is 3. The van der Waals surface area contributed by atoms with Gasteiger partial charge in [-0.15, -0.1) is 0 Å². The number of hydrazone groups is 1. The summed E-state index contributed by atoms with van der Waals surface area (Å²) in [5.41, 5.74) is 5.78. The van der Waals surface area contributed by atoms with Crippen LogP contribution in [0.25, 0.3) is 0 Å². The Labute approximate surface area is 163 Å². The number of rotatable bonds is 3. The van der Waals surface area contributed by atoms with Crippen molar-refractivity contribution in [1.82, 2.24) is 5.43 Å². The Balaban J connectivity index is 1.67. The predicted octanol–water partition coefficient (Wildman–Crippen LogP) is 3.57. The zero-order valence-electron chi connectivity index (χ0n) is 15.2. The topological polar surface area (TPSA) is 81.9 Å². The first kappa shape index (κ1) is 18.7. The predicted molar refractivity (Wildman–Crippen MR) is 108 cm³/mol. The fourth-order valence-electron chi connectivity index (χ4n) is 2.45. The maximum Gasteiger partial charge on any atom is 0.271 e. The van der Waals surface area contributed by atoms with E-state index >= 15 is 0 Å². The van der Waals surface area contributed by atoms with Crippen LogP contribution in [-0.4, -0.2) is 22.3 Å². The molecule has 5 heteroatoms. The maximum atomic E-state index is 12.1. The minimum Gasteiger partial charge on any atom is -0.508 e. The average Bonchev–Trinajstić information content (AvgIpc) is 2.69. The van der Waals surface area contributed by atoms with Crippen molar-refractivity contribution in [3.05, 3.63) is 94.5 Å². The molecular weight excluding hydrogens is 352 g/mol. The van der Waals surface area contributed by atoms with Gasteiger partial charge in [0.1, 0.15) is 11.5 Å². The molecule has 3 aromatic rings. The van der Waals surface area contributed by atoms with E-state index < -0.39 is 0 Å². The minimum absolute atomic E-state index is 0.142. The fraction of sp³-hybridized carbons (Fsp3) is 0.0435. The van der Waals surface area contributed by atoms with Crippen LogP contribution in [0, 0.1) is 18.8 Å². The van der Waals surface area contributed by atoms with Gasteiger partial charge >= 0.3 is 0 Å². The van der Waals surface area contributed by atoms with Crippen molar-refractivity contribution < 1.29 is 15.0 Å². The quantitative estimate of drug-likeness (QED) is 0.374. The number of carbonyl (C=O) groups excluding carboxylic acids is 1. The summed E-state index contributed by atoms with van der Waals surface area (Å²) in [6.07, 6.45) is 1.53. The van der Waals surface area contributed by atoms with Crippen LogP contribution >= 0.6 is 0 Å². The Morgan fingerprint density at radius 3 is 2.39 bits per heavy atom. The van der Waals surface area contributed by atoms with Crippen molar-refractivity contribution in [1.29, 1.82) is 0 Å². The zero-order valence-corrected chi connectivity index (χ0v) is 15.2. The number of phenolic OH excluding ortho intramolecular Hbond substituents is 2. The summed E-state index contributed by atoms with van der Waals surface area (Å²) in [7, 11) is 0. The number of carbonyl (C=O) groups is 1. The molecular formula is C23H18N2O3. The number of nitrogens with zero attached hydrogens (tertiary/aromatic N) is 1. The van der Waals surface area contributed by atoms with Gasteiger partial charge < -0.3 is 10.2 Å². The van der Waals surface area contributed by atoms with Gasteiger partial charge in [-0.05, 0) is 66.6 Å². The molecule has 3 N–H and O–H groups in total. The molecule has 138 valence electrons. The summed E-state index contributed by atoms with van der Waals surface area (Å²) in [4.78, 5) is 12.1. The SMILES string of the molecule is Cc1cc(C(=O)N/N=C/c2cccc(C#Cc3cccc(O)c3)c2)ccc1O. The Bertz CT molecular complexity index is 1110. The van der Waals surface area contributed by atoms with Crippen LogP contribution in [0.1, 0.15) is 32.6 Å². The van der Waals surface area contributed by atoms with Gasteiger partial charge in [0.05, 0.1) is 6.21 Å². The molecule has 0 aliphatic heterocycles. The van der Waals surface area contributed by atoms with E-state index in [1.165, 1.54) is 18.3 Å². The number of hydrogen-bond acceptors (Lipinski definition) is 4. The van der Waals surface area contributed by atoms with Crippen molar-refractivity contribution in [3.63, 3.8) is 0 Å². The molecule has 28 heavy (non-hydrogen) atoms. The van der Waals surface area contributed by atoms with Gasteiger partial charge in [-0.3, -0.25) is 4.79 Å². The van der Waals surface area contributed by atoms with Crippen LogP contribution in [0.2, 0.25) is 0 Å². The van der Waals surface area contributed by atoms with Crippen molar-refractivity contribution in [2.45, 2.75) is 6.92 Å². The highest BCUT2D eigenvalue weighted by Gasteiger charge is 2.06. The van der Waals surface area contributed by atoms with E-state index in [0.717, 1.165) is 16.7 Å². The molecule has 0 aliphatic rings. The van der Waals surface area contributed by atoms with Crippen molar-refractivity contribution in [2.24, 2.45) is 5.10 Å². The summed E-state index contributed by atoms with van der Waals surface area (Å²) >= 11 is 0. The molecule has 5 nitrogen and oxygen atoms in total. The molecule has 0 aromatic heterocycles. The van der Waals surface area contributed by atoms with Crippen molar-refractivity contribution in [3.8, 4) is 23.3 Å².